The third-order valence-electron chi connectivity index (χ3n) is 3.79. The van der Waals surface area contributed by atoms with Gasteiger partial charge in [-0.05, 0) is 41.6 Å². The van der Waals surface area contributed by atoms with E-state index in [-0.39, 0.29) is 30.2 Å². The molecule has 1 aromatic carbocycles. The number of benzene rings is 1. The van der Waals surface area contributed by atoms with Crippen LogP contribution in [0.2, 0.25) is 0 Å². The largest absolute Gasteiger partial charge is 0.328 e. The van der Waals surface area contributed by atoms with Gasteiger partial charge in [0.15, 0.2) is 0 Å². The topological polar surface area (TPSA) is 32.3 Å². The number of halogens is 2. The Bertz CT molecular complexity index is 661. The number of thiophene rings is 1. The molecule has 3 nitrogen and oxygen atoms in total. The van der Waals surface area contributed by atoms with E-state index in [1.165, 1.54) is 23.5 Å². The zero-order chi connectivity index (χ0) is 14.8. The van der Waals surface area contributed by atoms with Crippen molar-refractivity contribution in [3.8, 4) is 0 Å². The van der Waals surface area contributed by atoms with Gasteiger partial charge in [0.25, 0.3) is 5.91 Å². The van der Waals surface area contributed by atoms with Crippen LogP contribution < -0.4 is 5.32 Å². The third kappa shape index (κ3) is 3.32. The van der Waals surface area contributed by atoms with Crippen LogP contribution in [0.4, 0.5) is 4.39 Å². The summed E-state index contributed by atoms with van der Waals surface area (Å²) in [6, 6.07) is 8.34. The van der Waals surface area contributed by atoms with Gasteiger partial charge in [-0.1, -0.05) is 12.1 Å². The Hall–Kier alpha value is -1.43. The molecular weight excluding hydrogens is 323 g/mol. The second kappa shape index (κ2) is 7.22. The number of rotatable bonds is 2. The van der Waals surface area contributed by atoms with Crippen LogP contribution in [-0.4, -0.2) is 30.4 Å². The van der Waals surface area contributed by atoms with E-state index in [0.717, 1.165) is 22.5 Å². The minimum Gasteiger partial charge on any atom is -0.328 e. The van der Waals surface area contributed by atoms with Crippen molar-refractivity contribution >= 4 is 29.7 Å². The molecule has 1 aromatic heterocycles. The monoisotopic (exact) mass is 340 g/mol. The predicted molar refractivity (Wildman–Crippen MR) is 89.4 cm³/mol. The fourth-order valence-electron chi connectivity index (χ4n) is 2.68. The summed E-state index contributed by atoms with van der Waals surface area (Å²) in [5.41, 5.74) is 1.84. The SMILES string of the molecule is Cc1ccsc1C(=O)N1CCNCC1c1cccc(F)c1.Cl. The van der Waals surface area contributed by atoms with Gasteiger partial charge in [0, 0.05) is 19.6 Å². The number of hydrogen-bond acceptors (Lipinski definition) is 3. The van der Waals surface area contributed by atoms with Crippen LogP contribution >= 0.6 is 23.7 Å². The number of carbonyl (C=O) groups excluding carboxylic acids is 1. The van der Waals surface area contributed by atoms with Gasteiger partial charge in [-0.2, -0.15) is 0 Å². The van der Waals surface area contributed by atoms with Crippen LogP contribution in [0.5, 0.6) is 0 Å². The van der Waals surface area contributed by atoms with Gasteiger partial charge < -0.3 is 10.2 Å². The van der Waals surface area contributed by atoms with E-state index in [1.54, 1.807) is 6.07 Å². The molecular formula is C16H18ClFN2OS. The number of piperazine rings is 1. The summed E-state index contributed by atoms with van der Waals surface area (Å²) in [6.45, 7) is 4.00. The van der Waals surface area contributed by atoms with Crippen molar-refractivity contribution < 1.29 is 9.18 Å². The van der Waals surface area contributed by atoms with E-state index >= 15 is 0 Å². The Morgan fingerprint density at radius 3 is 2.91 bits per heavy atom. The minimum atomic E-state index is -0.266. The quantitative estimate of drug-likeness (QED) is 0.908. The van der Waals surface area contributed by atoms with Crippen LogP contribution in [0.3, 0.4) is 0 Å². The molecule has 118 valence electrons. The molecule has 2 aromatic rings. The van der Waals surface area contributed by atoms with E-state index in [2.05, 4.69) is 5.32 Å². The van der Waals surface area contributed by atoms with Crippen LogP contribution in [0.25, 0.3) is 0 Å². The van der Waals surface area contributed by atoms with E-state index in [0.29, 0.717) is 13.1 Å². The third-order valence-corrected chi connectivity index (χ3v) is 4.80. The minimum absolute atomic E-state index is 0. The Balaban J connectivity index is 0.00000176. The molecule has 0 spiro atoms. The molecule has 0 saturated carbocycles. The van der Waals surface area contributed by atoms with Gasteiger partial charge in [0.2, 0.25) is 0 Å². The highest BCUT2D eigenvalue weighted by atomic mass is 35.5. The van der Waals surface area contributed by atoms with Gasteiger partial charge in [-0.15, -0.1) is 23.7 Å². The van der Waals surface area contributed by atoms with Crippen molar-refractivity contribution in [2.75, 3.05) is 19.6 Å². The summed E-state index contributed by atoms with van der Waals surface area (Å²) in [6.07, 6.45) is 0. The molecule has 1 aliphatic heterocycles. The fourth-order valence-corrected chi connectivity index (χ4v) is 3.56. The fraction of sp³-hybridized carbons (Fsp3) is 0.312. The van der Waals surface area contributed by atoms with Gasteiger partial charge in [0.1, 0.15) is 5.82 Å². The second-order valence-corrected chi connectivity index (χ2v) is 6.12. The zero-order valence-electron chi connectivity index (χ0n) is 12.2. The molecule has 0 aliphatic carbocycles. The molecule has 1 atom stereocenters. The number of aryl methyl sites for hydroxylation is 1. The summed E-state index contributed by atoms with van der Waals surface area (Å²) in [5, 5.41) is 5.22. The lowest BCUT2D eigenvalue weighted by Gasteiger charge is -2.36. The van der Waals surface area contributed by atoms with Crippen molar-refractivity contribution in [3.63, 3.8) is 0 Å². The molecule has 22 heavy (non-hydrogen) atoms. The van der Waals surface area contributed by atoms with Gasteiger partial charge in [-0.25, -0.2) is 4.39 Å². The van der Waals surface area contributed by atoms with Crippen LogP contribution in [0.15, 0.2) is 35.7 Å². The van der Waals surface area contributed by atoms with Crippen LogP contribution in [0, 0.1) is 12.7 Å². The number of hydrogen-bond donors (Lipinski definition) is 1. The molecule has 2 heterocycles. The molecule has 1 amide bonds. The lowest BCUT2D eigenvalue weighted by atomic mass is 10.0. The highest BCUT2D eigenvalue weighted by Crippen LogP contribution is 2.27. The Labute approximate surface area is 139 Å². The molecule has 1 unspecified atom stereocenters. The average Bonchev–Trinajstić information content (AvgIpc) is 2.93. The number of amides is 1. The summed E-state index contributed by atoms with van der Waals surface area (Å²) in [7, 11) is 0. The molecule has 1 fully saturated rings. The number of carbonyl (C=O) groups is 1. The standard InChI is InChI=1S/C16H17FN2OS.ClH/c1-11-5-8-21-15(11)16(20)19-7-6-18-10-14(19)12-3-2-4-13(17)9-12;/h2-5,8-9,14,18H,6-7,10H2,1H3;1H. The normalized spacial score (nSPS) is 17.9. The van der Waals surface area contributed by atoms with Crippen LogP contribution in [0.1, 0.15) is 26.8 Å². The molecule has 6 heteroatoms. The number of nitrogens with zero attached hydrogens (tertiary/aromatic N) is 1. The van der Waals surface area contributed by atoms with E-state index < -0.39 is 0 Å². The highest BCUT2D eigenvalue weighted by molar-refractivity contribution is 7.12. The summed E-state index contributed by atoms with van der Waals surface area (Å²) >= 11 is 1.47. The zero-order valence-corrected chi connectivity index (χ0v) is 13.8. The summed E-state index contributed by atoms with van der Waals surface area (Å²) in [4.78, 5) is 15.4. The smallest absolute Gasteiger partial charge is 0.264 e. The molecule has 3 rings (SSSR count). The van der Waals surface area contributed by atoms with Gasteiger partial charge >= 0.3 is 0 Å². The first kappa shape index (κ1) is 16.9. The first-order valence-electron chi connectivity index (χ1n) is 6.98. The van der Waals surface area contributed by atoms with Crippen molar-refractivity contribution in [3.05, 3.63) is 57.5 Å². The lowest BCUT2D eigenvalue weighted by molar-refractivity contribution is 0.0638. The molecule has 1 aliphatic rings. The van der Waals surface area contributed by atoms with Crippen molar-refractivity contribution in [1.29, 1.82) is 0 Å². The molecule has 0 radical (unpaired) electrons. The van der Waals surface area contributed by atoms with Crippen LogP contribution in [-0.2, 0) is 0 Å². The summed E-state index contributed by atoms with van der Waals surface area (Å²) in [5.74, 6) is -0.226. The molecule has 0 bridgehead atoms. The Morgan fingerprint density at radius 2 is 2.23 bits per heavy atom. The molecule has 1 saturated heterocycles. The first-order valence-corrected chi connectivity index (χ1v) is 7.86. The maximum absolute atomic E-state index is 13.5. The Morgan fingerprint density at radius 1 is 1.41 bits per heavy atom. The van der Waals surface area contributed by atoms with Gasteiger partial charge in [-0.3, -0.25) is 4.79 Å². The van der Waals surface area contributed by atoms with Crippen molar-refractivity contribution in [2.45, 2.75) is 13.0 Å². The average molecular weight is 341 g/mol. The Kier molecular flexibility index (Phi) is 5.56. The predicted octanol–water partition coefficient (Wildman–Crippen LogP) is 3.40. The molecule has 1 N–H and O–H groups in total. The lowest BCUT2D eigenvalue weighted by Crippen LogP contribution is -2.48. The first-order chi connectivity index (χ1) is 10.2. The van der Waals surface area contributed by atoms with Crippen molar-refractivity contribution in [2.24, 2.45) is 0 Å². The summed E-state index contributed by atoms with van der Waals surface area (Å²) < 4.78 is 13.5. The van der Waals surface area contributed by atoms with E-state index in [9.17, 15) is 9.18 Å². The van der Waals surface area contributed by atoms with E-state index in [4.69, 9.17) is 0 Å². The van der Waals surface area contributed by atoms with Crippen molar-refractivity contribution in [1.82, 2.24) is 10.2 Å². The van der Waals surface area contributed by atoms with E-state index in [1.807, 2.05) is 29.3 Å². The number of nitrogens with one attached hydrogen (secondary N) is 1. The second-order valence-electron chi connectivity index (χ2n) is 5.21. The maximum atomic E-state index is 13.5. The maximum Gasteiger partial charge on any atom is 0.264 e. The highest BCUT2D eigenvalue weighted by Gasteiger charge is 2.29. The van der Waals surface area contributed by atoms with Gasteiger partial charge in [0.05, 0.1) is 10.9 Å².